The second kappa shape index (κ2) is 11.5. The molecule has 1 N–H and O–H groups in total. The van der Waals surface area contributed by atoms with E-state index in [0.717, 1.165) is 24.0 Å². The summed E-state index contributed by atoms with van der Waals surface area (Å²) in [6.45, 7) is 1.81. The van der Waals surface area contributed by atoms with Crippen LogP contribution in [-0.2, 0) is 16.1 Å². The summed E-state index contributed by atoms with van der Waals surface area (Å²) in [5, 5.41) is 6.91. The minimum Gasteiger partial charge on any atom is -0.497 e. The highest BCUT2D eigenvalue weighted by Gasteiger charge is 2.26. The van der Waals surface area contributed by atoms with Gasteiger partial charge in [-0.2, -0.15) is 0 Å². The molecule has 3 aromatic rings. The van der Waals surface area contributed by atoms with Gasteiger partial charge in [0.05, 0.1) is 13.2 Å². The van der Waals surface area contributed by atoms with Gasteiger partial charge in [0.2, 0.25) is 5.91 Å². The molecule has 1 aliphatic heterocycles. The van der Waals surface area contributed by atoms with E-state index in [9.17, 15) is 9.59 Å². The van der Waals surface area contributed by atoms with Crippen molar-refractivity contribution < 1.29 is 23.6 Å². The van der Waals surface area contributed by atoms with E-state index in [2.05, 4.69) is 10.5 Å². The summed E-state index contributed by atoms with van der Waals surface area (Å²) in [5.74, 6) is 0.749. The van der Waals surface area contributed by atoms with E-state index in [1.54, 1.807) is 18.1 Å². The number of nitrogens with one attached hydrogen (secondary N) is 1. The van der Waals surface area contributed by atoms with Crippen LogP contribution in [-0.4, -0.2) is 54.8 Å². The van der Waals surface area contributed by atoms with Gasteiger partial charge in [-0.1, -0.05) is 47.6 Å². The fourth-order valence-corrected chi connectivity index (χ4v) is 3.88. The maximum absolute atomic E-state index is 13.3. The molecule has 0 aliphatic carbocycles. The van der Waals surface area contributed by atoms with Crippen LogP contribution in [0.3, 0.4) is 0 Å². The minimum absolute atomic E-state index is 0.0407. The van der Waals surface area contributed by atoms with Crippen LogP contribution in [0, 0.1) is 0 Å². The Morgan fingerprint density at radius 3 is 2.76 bits per heavy atom. The van der Waals surface area contributed by atoms with Crippen molar-refractivity contribution in [3.05, 3.63) is 71.9 Å². The van der Waals surface area contributed by atoms with Gasteiger partial charge in [0.15, 0.2) is 11.5 Å². The molecule has 1 aliphatic rings. The summed E-state index contributed by atoms with van der Waals surface area (Å²) < 4.78 is 16.4. The number of hydrogen-bond donors (Lipinski definition) is 1. The molecule has 0 spiro atoms. The van der Waals surface area contributed by atoms with Crippen LogP contribution >= 0.6 is 0 Å². The number of benzene rings is 2. The second-order valence-electron chi connectivity index (χ2n) is 8.21. The van der Waals surface area contributed by atoms with E-state index >= 15 is 0 Å². The number of hydrogen-bond acceptors (Lipinski definition) is 6. The molecule has 8 nitrogen and oxygen atoms in total. The van der Waals surface area contributed by atoms with Crippen LogP contribution in [0.5, 0.6) is 5.75 Å². The number of methoxy groups -OCH3 is 1. The molecule has 178 valence electrons. The molecular formula is C26H29N3O5. The first-order valence-electron chi connectivity index (χ1n) is 11.4. The standard InChI is InChI=1S/C26H29N3O5/c1-32-21-10-5-9-20(15-21)24-16-23(28-34-24)26(31)29(18-22-11-6-14-33-22)13-12-25(30)27-17-19-7-3-2-4-8-19/h2-5,7-10,15-16,22H,6,11-14,17-18H2,1H3,(H,27,30). The lowest BCUT2D eigenvalue weighted by molar-refractivity contribution is -0.121. The summed E-state index contributed by atoms with van der Waals surface area (Å²) in [4.78, 5) is 27.4. The molecule has 0 saturated carbocycles. The molecule has 2 aromatic carbocycles. The van der Waals surface area contributed by atoms with Crippen LogP contribution in [0.1, 0.15) is 35.3 Å². The molecule has 1 aromatic heterocycles. The highest BCUT2D eigenvalue weighted by atomic mass is 16.5. The number of aromatic nitrogens is 1. The van der Waals surface area contributed by atoms with E-state index in [-0.39, 0.29) is 36.6 Å². The molecule has 2 amide bonds. The van der Waals surface area contributed by atoms with E-state index in [1.807, 2.05) is 54.6 Å². The smallest absolute Gasteiger partial charge is 0.276 e. The van der Waals surface area contributed by atoms with Gasteiger partial charge in [-0.3, -0.25) is 9.59 Å². The first-order chi connectivity index (χ1) is 16.6. The van der Waals surface area contributed by atoms with Crippen LogP contribution in [0.4, 0.5) is 0 Å². The van der Waals surface area contributed by atoms with Crippen molar-refractivity contribution in [2.24, 2.45) is 0 Å². The summed E-state index contributed by atoms with van der Waals surface area (Å²) in [6, 6.07) is 18.7. The van der Waals surface area contributed by atoms with E-state index in [0.29, 0.717) is 31.2 Å². The third-order valence-corrected chi connectivity index (χ3v) is 5.76. The number of amides is 2. The van der Waals surface area contributed by atoms with Crippen molar-refractivity contribution in [3.63, 3.8) is 0 Å². The Morgan fingerprint density at radius 1 is 1.15 bits per heavy atom. The molecule has 1 unspecified atom stereocenters. The molecule has 1 atom stereocenters. The van der Waals surface area contributed by atoms with E-state index in [4.69, 9.17) is 14.0 Å². The second-order valence-corrected chi connectivity index (χ2v) is 8.21. The first kappa shape index (κ1) is 23.5. The van der Waals surface area contributed by atoms with Crippen LogP contribution in [0.25, 0.3) is 11.3 Å². The normalized spacial score (nSPS) is 15.1. The van der Waals surface area contributed by atoms with E-state index < -0.39 is 0 Å². The molecule has 0 bridgehead atoms. The topological polar surface area (TPSA) is 93.9 Å². The van der Waals surface area contributed by atoms with Crippen molar-refractivity contribution in [2.75, 3.05) is 26.8 Å². The number of nitrogens with zero attached hydrogens (tertiary/aromatic N) is 2. The Labute approximate surface area is 198 Å². The van der Waals surface area contributed by atoms with Crippen LogP contribution in [0.2, 0.25) is 0 Å². The van der Waals surface area contributed by atoms with Gasteiger partial charge in [-0.05, 0) is 30.5 Å². The monoisotopic (exact) mass is 463 g/mol. The fraction of sp³-hybridized carbons (Fsp3) is 0.346. The number of rotatable bonds is 10. The number of ether oxygens (including phenoxy) is 2. The predicted molar refractivity (Wildman–Crippen MR) is 126 cm³/mol. The summed E-state index contributed by atoms with van der Waals surface area (Å²) in [6.07, 6.45) is 2.00. The molecule has 1 fully saturated rings. The lowest BCUT2D eigenvalue weighted by atomic mass is 10.1. The Balaban J connectivity index is 1.41. The summed E-state index contributed by atoms with van der Waals surface area (Å²) in [7, 11) is 1.59. The molecule has 34 heavy (non-hydrogen) atoms. The third-order valence-electron chi connectivity index (χ3n) is 5.76. The maximum Gasteiger partial charge on any atom is 0.276 e. The van der Waals surface area contributed by atoms with E-state index in [1.165, 1.54) is 0 Å². The average Bonchev–Trinajstić information content (AvgIpc) is 3.58. The highest BCUT2D eigenvalue weighted by molar-refractivity contribution is 5.93. The first-order valence-corrected chi connectivity index (χ1v) is 11.4. The molecule has 8 heteroatoms. The number of carbonyl (C=O) groups excluding carboxylic acids is 2. The SMILES string of the molecule is COc1cccc(-c2cc(C(=O)N(CCC(=O)NCc3ccccc3)CC3CCCO3)no2)c1. The van der Waals surface area contributed by atoms with Gasteiger partial charge in [-0.25, -0.2) is 0 Å². The summed E-state index contributed by atoms with van der Waals surface area (Å²) in [5.41, 5.74) is 1.98. The largest absolute Gasteiger partial charge is 0.497 e. The molecular weight excluding hydrogens is 434 g/mol. The fourth-order valence-electron chi connectivity index (χ4n) is 3.88. The Morgan fingerprint density at radius 2 is 2.00 bits per heavy atom. The van der Waals surface area contributed by atoms with Gasteiger partial charge in [-0.15, -0.1) is 0 Å². The van der Waals surface area contributed by atoms with Crippen molar-refractivity contribution in [2.45, 2.75) is 31.9 Å². The van der Waals surface area contributed by atoms with Crippen molar-refractivity contribution in [1.29, 1.82) is 0 Å². The van der Waals surface area contributed by atoms with Crippen molar-refractivity contribution in [3.8, 4) is 17.1 Å². The molecule has 2 heterocycles. The van der Waals surface area contributed by atoms with Gasteiger partial charge >= 0.3 is 0 Å². The molecule has 4 rings (SSSR count). The quantitative estimate of drug-likeness (QED) is 0.493. The molecule has 1 saturated heterocycles. The summed E-state index contributed by atoms with van der Waals surface area (Å²) >= 11 is 0. The predicted octanol–water partition coefficient (Wildman–Crippen LogP) is 3.68. The van der Waals surface area contributed by atoms with Crippen LogP contribution in [0.15, 0.2) is 65.2 Å². The zero-order valence-electron chi connectivity index (χ0n) is 19.2. The molecule has 0 radical (unpaired) electrons. The van der Waals surface area contributed by atoms with Gasteiger partial charge in [0.1, 0.15) is 5.75 Å². The van der Waals surface area contributed by atoms with Gasteiger partial charge < -0.3 is 24.2 Å². The lowest BCUT2D eigenvalue weighted by Gasteiger charge is -2.24. The third kappa shape index (κ3) is 6.23. The number of carbonyl (C=O) groups is 2. The zero-order chi connectivity index (χ0) is 23.8. The van der Waals surface area contributed by atoms with Crippen molar-refractivity contribution >= 4 is 11.8 Å². The van der Waals surface area contributed by atoms with Crippen LogP contribution < -0.4 is 10.1 Å². The van der Waals surface area contributed by atoms with Crippen molar-refractivity contribution in [1.82, 2.24) is 15.4 Å². The van der Waals surface area contributed by atoms with Gasteiger partial charge in [0.25, 0.3) is 5.91 Å². The zero-order valence-corrected chi connectivity index (χ0v) is 19.2. The minimum atomic E-state index is -0.288. The average molecular weight is 464 g/mol. The Bertz CT molecular complexity index is 1090. The highest BCUT2D eigenvalue weighted by Crippen LogP contribution is 2.25. The van der Waals surface area contributed by atoms with Gasteiger partial charge in [0, 0.05) is 44.3 Å². The lowest BCUT2D eigenvalue weighted by Crippen LogP contribution is -2.40. The maximum atomic E-state index is 13.3. The Hall–Kier alpha value is -3.65. The Kier molecular flexibility index (Phi) is 7.93.